The van der Waals surface area contributed by atoms with Gasteiger partial charge in [0.15, 0.2) is 0 Å². The molecule has 0 aliphatic rings. The second kappa shape index (κ2) is 8.18. The van der Waals surface area contributed by atoms with Gasteiger partial charge in [-0.1, -0.05) is 41.9 Å². The van der Waals surface area contributed by atoms with Gasteiger partial charge < -0.3 is 4.90 Å². The molecule has 0 heterocycles. The van der Waals surface area contributed by atoms with Crippen LogP contribution in [0, 0.1) is 5.82 Å². The van der Waals surface area contributed by atoms with E-state index in [9.17, 15) is 4.39 Å². The van der Waals surface area contributed by atoms with Gasteiger partial charge >= 0.3 is 0 Å². The van der Waals surface area contributed by atoms with Crippen LogP contribution in [-0.4, -0.2) is 25.5 Å². The first-order chi connectivity index (χ1) is 9.56. The number of benzene rings is 2. The molecular formula is C17H18Cl2FN. The normalized spacial score (nSPS) is 11.4. The SMILES string of the molecule is CN(C)CC=C(c1ccc(Cl)cc1)c1cccc(F)c1.Cl. The molecule has 0 atom stereocenters. The van der Waals surface area contributed by atoms with Crippen LogP contribution in [0.25, 0.3) is 5.57 Å². The van der Waals surface area contributed by atoms with Gasteiger partial charge in [0.1, 0.15) is 5.82 Å². The minimum Gasteiger partial charge on any atom is -0.306 e. The summed E-state index contributed by atoms with van der Waals surface area (Å²) in [5, 5.41) is 0.694. The molecule has 2 aromatic rings. The van der Waals surface area contributed by atoms with Crippen molar-refractivity contribution in [2.45, 2.75) is 0 Å². The molecule has 4 heteroatoms. The molecule has 0 unspecified atom stereocenters. The molecule has 112 valence electrons. The zero-order valence-corrected chi connectivity index (χ0v) is 13.6. The lowest BCUT2D eigenvalue weighted by Crippen LogP contribution is -2.11. The van der Waals surface area contributed by atoms with Crippen molar-refractivity contribution in [1.82, 2.24) is 4.90 Å². The Bertz CT molecular complexity index is 606. The molecule has 0 saturated carbocycles. The highest BCUT2D eigenvalue weighted by atomic mass is 35.5. The Morgan fingerprint density at radius 1 is 1.10 bits per heavy atom. The first kappa shape index (κ1) is 17.7. The van der Waals surface area contributed by atoms with Crippen LogP contribution in [-0.2, 0) is 0 Å². The van der Waals surface area contributed by atoms with E-state index in [0.717, 1.165) is 23.2 Å². The second-order valence-corrected chi connectivity index (χ2v) is 5.33. The highest BCUT2D eigenvalue weighted by Crippen LogP contribution is 2.25. The maximum atomic E-state index is 13.4. The van der Waals surface area contributed by atoms with Crippen LogP contribution in [0.2, 0.25) is 5.02 Å². The highest BCUT2D eigenvalue weighted by molar-refractivity contribution is 6.30. The fraction of sp³-hybridized carbons (Fsp3) is 0.176. The number of halogens is 3. The van der Waals surface area contributed by atoms with Crippen molar-refractivity contribution < 1.29 is 4.39 Å². The van der Waals surface area contributed by atoms with E-state index < -0.39 is 0 Å². The standard InChI is InChI=1S/C17H17ClFN.ClH/c1-20(2)11-10-17(13-6-8-15(18)9-7-13)14-4-3-5-16(19)12-14;/h3-10,12H,11H2,1-2H3;1H. The van der Waals surface area contributed by atoms with Crippen molar-refractivity contribution in [3.8, 4) is 0 Å². The summed E-state index contributed by atoms with van der Waals surface area (Å²) in [5.74, 6) is -0.229. The molecule has 0 fully saturated rings. The number of hydrogen-bond donors (Lipinski definition) is 0. The van der Waals surface area contributed by atoms with Gasteiger partial charge in [0, 0.05) is 11.6 Å². The van der Waals surface area contributed by atoms with E-state index in [1.807, 2.05) is 44.4 Å². The van der Waals surface area contributed by atoms with E-state index in [2.05, 4.69) is 11.0 Å². The Labute approximate surface area is 136 Å². The van der Waals surface area contributed by atoms with Gasteiger partial charge in [-0.3, -0.25) is 0 Å². The molecule has 0 bridgehead atoms. The lowest BCUT2D eigenvalue weighted by atomic mass is 9.97. The van der Waals surface area contributed by atoms with Crippen molar-refractivity contribution in [2.75, 3.05) is 20.6 Å². The fourth-order valence-electron chi connectivity index (χ4n) is 1.96. The van der Waals surface area contributed by atoms with E-state index >= 15 is 0 Å². The Hall–Kier alpha value is -1.35. The van der Waals surface area contributed by atoms with Crippen LogP contribution in [0.1, 0.15) is 11.1 Å². The molecule has 0 saturated heterocycles. The smallest absolute Gasteiger partial charge is 0.123 e. The maximum Gasteiger partial charge on any atom is 0.123 e. The van der Waals surface area contributed by atoms with Crippen LogP contribution in [0.3, 0.4) is 0 Å². The van der Waals surface area contributed by atoms with Gasteiger partial charge in [-0.15, -0.1) is 12.4 Å². The van der Waals surface area contributed by atoms with Crippen molar-refractivity contribution in [1.29, 1.82) is 0 Å². The minimum absolute atomic E-state index is 0. The van der Waals surface area contributed by atoms with Gasteiger partial charge in [-0.25, -0.2) is 4.39 Å². The summed E-state index contributed by atoms with van der Waals surface area (Å²) >= 11 is 5.93. The molecule has 21 heavy (non-hydrogen) atoms. The fourth-order valence-corrected chi connectivity index (χ4v) is 2.09. The Morgan fingerprint density at radius 3 is 2.33 bits per heavy atom. The number of rotatable bonds is 4. The van der Waals surface area contributed by atoms with Crippen molar-refractivity contribution in [3.05, 3.63) is 76.6 Å². The molecule has 0 aliphatic heterocycles. The zero-order chi connectivity index (χ0) is 14.5. The van der Waals surface area contributed by atoms with E-state index in [-0.39, 0.29) is 18.2 Å². The summed E-state index contributed by atoms with van der Waals surface area (Å²) in [4.78, 5) is 2.06. The van der Waals surface area contributed by atoms with E-state index in [1.54, 1.807) is 12.1 Å². The van der Waals surface area contributed by atoms with Gasteiger partial charge in [-0.2, -0.15) is 0 Å². The van der Waals surface area contributed by atoms with Crippen molar-refractivity contribution >= 4 is 29.6 Å². The molecule has 2 rings (SSSR count). The van der Waals surface area contributed by atoms with E-state index in [4.69, 9.17) is 11.6 Å². The van der Waals surface area contributed by atoms with Crippen LogP contribution in [0.5, 0.6) is 0 Å². The number of likely N-dealkylation sites (N-methyl/N-ethyl adjacent to an activating group) is 1. The van der Waals surface area contributed by atoms with Gasteiger partial charge in [0.2, 0.25) is 0 Å². The summed E-state index contributed by atoms with van der Waals surface area (Å²) in [6.45, 7) is 0.786. The molecular weight excluding hydrogens is 308 g/mol. The predicted octanol–water partition coefficient (Wildman–Crippen LogP) is 4.89. The second-order valence-electron chi connectivity index (χ2n) is 4.90. The van der Waals surface area contributed by atoms with E-state index in [1.165, 1.54) is 6.07 Å². The Balaban J connectivity index is 0.00000220. The van der Waals surface area contributed by atoms with Crippen LogP contribution in [0.15, 0.2) is 54.6 Å². The summed E-state index contributed by atoms with van der Waals surface area (Å²) < 4.78 is 13.4. The molecule has 0 aromatic heterocycles. The first-order valence-corrected chi connectivity index (χ1v) is 6.81. The van der Waals surface area contributed by atoms with Crippen LogP contribution < -0.4 is 0 Å². The van der Waals surface area contributed by atoms with Gasteiger partial charge in [0.25, 0.3) is 0 Å². The van der Waals surface area contributed by atoms with Crippen molar-refractivity contribution in [2.24, 2.45) is 0 Å². The monoisotopic (exact) mass is 325 g/mol. The largest absolute Gasteiger partial charge is 0.306 e. The predicted molar refractivity (Wildman–Crippen MR) is 90.7 cm³/mol. The molecule has 0 radical (unpaired) electrons. The lowest BCUT2D eigenvalue weighted by molar-refractivity contribution is 0.457. The third kappa shape index (κ3) is 5.16. The number of nitrogens with zero attached hydrogens (tertiary/aromatic N) is 1. The van der Waals surface area contributed by atoms with E-state index in [0.29, 0.717) is 5.02 Å². The quantitative estimate of drug-likeness (QED) is 0.773. The summed E-state index contributed by atoms with van der Waals surface area (Å²) in [5.41, 5.74) is 2.91. The lowest BCUT2D eigenvalue weighted by Gasteiger charge is -2.12. The summed E-state index contributed by atoms with van der Waals surface area (Å²) in [7, 11) is 4.00. The molecule has 0 amide bonds. The topological polar surface area (TPSA) is 3.24 Å². The summed E-state index contributed by atoms with van der Waals surface area (Å²) in [6, 6.07) is 14.2. The van der Waals surface area contributed by atoms with Gasteiger partial charge in [0.05, 0.1) is 0 Å². The average molecular weight is 326 g/mol. The Kier molecular flexibility index (Phi) is 6.90. The Morgan fingerprint density at radius 2 is 1.76 bits per heavy atom. The maximum absolute atomic E-state index is 13.4. The van der Waals surface area contributed by atoms with Crippen LogP contribution in [0.4, 0.5) is 4.39 Å². The highest BCUT2D eigenvalue weighted by Gasteiger charge is 2.06. The average Bonchev–Trinajstić information content (AvgIpc) is 2.41. The third-order valence-electron chi connectivity index (χ3n) is 2.95. The van der Waals surface area contributed by atoms with Gasteiger partial charge in [-0.05, 0) is 55.1 Å². The first-order valence-electron chi connectivity index (χ1n) is 6.43. The molecule has 0 N–H and O–H groups in total. The molecule has 0 spiro atoms. The molecule has 0 aliphatic carbocycles. The number of hydrogen-bond acceptors (Lipinski definition) is 1. The van der Waals surface area contributed by atoms with Crippen molar-refractivity contribution in [3.63, 3.8) is 0 Å². The molecule has 2 aromatic carbocycles. The minimum atomic E-state index is -0.229. The van der Waals surface area contributed by atoms with Crippen LogP contribution >= 0.6 is 24.0 Å². The summed E-state index contributed by atoms with van der Waals surface area (Å²) in [6.07, 6.45) is 2.10. The zero-order valence-electron chi connectivity index (χ0n) is 12.0. The molecule has 1 nitrogen and oxygen atoms in total. The third-order valence-corrected chi connectivity index (χ3v) is 3.20.